The van der Waals surface area contributed by atoms with Crippen molar-refractivity contribution in [2.24, 2.45) is 0 Å². The number of benzene rings is 1. The van der Waals surface area contributed by atoms with Gasteiger partial charge in [0.25, 0.3) is 0 Å². The van der Waals surface area contributed by atoms with E-state index in [1.807, 2.05) is 0 Å². The van der Waals surface area contributed by atoms with Crippen molar-refractivity contribution in [3.05, 3.63) is 24.3 Å². The van der Waals surface area contributed by atoms with Gasteiger partial charge in [-0.2, -0.15) is 0 Å². The molecule has 1 aromatic carbocycles. The van der Waals surface area contributed by atoms with Crippen molar-refractivity contribution in [3.8, 4) is 0 Å². The van der Waals surface area contributed by atoms with E-state index in [-0.39, 0.29) is 17.7 Å². The molecule has 0 spiro atoms. The highest BCUT2D eigenvalue weighted by molar-refractivity contribution is 7.91. The molecule has 2 N–H and O–H groups in total. The summed E-state index contributed by atoms with van der Waals surface area (Å²) >= 11 is 0. The van der Waals surface area contributed by atoms with Gasteiger partial charge >= 0.3 is 0 Å². The third-order valence-corrected chi connectivity index (χ3v) is 5.04. The van der Waals surface area contributed by atoms with Gasteiger partial charge in [-0.1, -0.05) is 6.92 Å². The Balaban J connectivity index is 1.97. The van der Waals surface area contributed by atoms with E-state index in [0.717, 1.165) is 18.5 Å². The summed E-state index contributed by atoms with van der Waals surface area (Å²) in [5, 5.41) is 5.99. The maximum atomic E-state index is 11.8. The molecule has 0 aromatic heterocycles. The molecule has 1 amide bonds. The Morgan fingerprint density at radius 2 is 1.90 bits per heavy atom. The molecule has 2 rings (SSSR count). The first kappa shape index (κ1) is 14.8. The third kappa shape index (κ3) is 3.72. The summed E-state index contributed by atoms with van der Waals surface area (Å²) < 4.78 is 23.4. The van der Waals surface area contributed by atoms with Crippen molar-refractivity contribution in [1.29, 1.82) is 0 Å². The Bertz CT molecular complexity index is 577. The van der Waals surface area contributed by atoms with E-state index < -0.39 is 9.84 Å². The lowest BCUT2D eigenvalue weighted by atomic mass is 10.2. The van der Waals surface area contributed by atoms with Crippen LogP contribution in [0.2, 0.25) is 0 Å². The molecule has 1 atom stereocenters. The fourth-order valence-corrected chi connectivity index (χ4v) is 2.68. The van der Waals surface area contributed by atoms with E-state index in [0.29, 0.717) is 10.9 Å². The number of nitrogens with one attached hydrogen (secondary N) is 2. The van der Waals surface area contributed by atoms with Crippen molar-refractivity contribution in [2.75, 3.05) is 11.1 Å². The monoisotopic (exact) mass is 296 g/mol. The van der Waals surface area contributed by atoms with Gasteiger partial charge in [0.15, 0.2) is 9.84 Å². The van der Waals surface area contributed by atoms with Crippen LogP contribution < -0.4 is 10.6 Å². The fourth-order valence-electron chi connectivity index (χ4n) is 1.79. The van der Waals surface area contributed by atoms with E-state index in [9.17, 15) is 13.2 Å². The highest BCUT2D eigenvalue weighted by atomic mass is 32.2. The predicted octanol–water partition coefficient (Wildman–Crippen LogP) is 1.56. The van der Waals surface area contributed by atoms with E-state index in [4.69, 9.17) is 0 Å². The fraction of sp³-hybridized carbons (Fsp3) is 0.500. The van der Waals surface area contributed by atoms with Crippen LogP contribution in [0.4, 0.5) is 5.69 Å². The predicted molar refractivity (Wildman–Crippen MR) is 78.4 cm³/mol. The summed E-state index contributed by atoms with van der Waals surface area (Å²) in [4.78, 5) is 12.1. The number of sulfone groups is 1. The number of anilines is 1. The van der Waals surface area contributed by atoms with Crippen LogP contribution in [0, 0.1) is 0 Å². The summed E-state index contributed by atoms with van der Waals surface area (Å²) in [6.07, 6.45) is 2.12. The zero-order valence-corrected chi connectivity index (χ0v) is 12.5. The van der Waals surface area contributed by atoms with Crippen LogP contribution in [0.1, 0.15) is 26.7 Å². The molecular formula is C14H20N2O3S. The molecule has 6 heteroatoms. The molecule has 0 saturated heterocycles. The number of hydrogen-bond acceptors (Lipinski definition) is 4. The average molecular weight is 296 g/mol. The minimum atomic E-state index is -3.17. The Hall–Kier alpha value is -1.56. The van der Waals surface area contributed by atoms with Crippen LogP contribution >= 0.6 is 0 Å². The Labute approximate surface area is 119 Å². The van der Waals surface area contributed by atoms with Gasteiger partial charge in [-0.05, 0) is 44.0 Å². The number of rotatable bonds is 6. The van der Waals surface area contributed by atoms with Crippen LogP contribution in [-0.2, 0) is 14.6 Å². The summed E-state index contributed by atoms with van der Waals surface area (Å²) in [6.45, 7) is 3.40. The van der Waals surface area contributed by atoms with Crippen LogP contribution in [0.5, 0.6) is 0 Å². The van der Waals surface area contributed by atoms with Gasteiger partial charge in [0.05, 0.1) is 10.6 Å². The van der Waals surface area contributed by atoms with Gasteiger partial charge in [0.1, 0.15) is 6.04 Å². The molecule has 20 heavy (non-hydrogen) atoms. The first-order valence-electron chi connectivity index (χ1n) is 6.82. The molecule has 1 saturated carbocycles. The molecule has 110 valence electrons. The van der Waals surface area contributed by atoms with Gasteiger partial charge in [-0.25, -0.2) is 8.42 Å². The zero-order valence-electron chi connectivity index (χ0n) is 11.7. The van der Waals surface area contributed by atoms with Gasteiger partial charge in [-0.3, -0.25) is 4.79 Å². The van der Waals surface area contributed by atoms with Crippen LogP contribution in [0.25, 0.3) is 0 Å². The van der Waals surface area contributed by atoms with Crippen LogP contribution in [0.15, 0.2) is 29.2 Å². The average Bonchev–Trinajstić information content (AvgIpc) is 3.23. The molecular weight excluding hydrogens is 276 g/mol. The molecule has 1 aromatic rings. The van der Waals surface area contributed by atoms with Crippen molar-refractivity contribution < 1.29 is 13.2 Å². The van der Waals surface area contributed by atoms with Crippen molar-refractivity contribution >= 4 is 21.4 Å². The van der Waals surface area contributed by atoms with Crippen molar-refractivity contribution in [2.45, 2.75) is 43.7 Å². The SMILES string of the molecule is CCS(=O)(=O)c1ccc(NC(C)C(=O)NC2CC2)cc1. The topological polar surface area (TPSA) is 75.3 Å². The standard InChI is InChI=1S/C14H20N2O3S/c1-3-20(18,19)13-8-6-11(7-9-13)15-10(2)14(17)16-12-4-5-12/h6-10,12,15H,3-5H2,1-2H3,(H,16,17). The summed E-state index contributed by atoms with van der Waals surface area (Å²) in [5.74, 6) is 0.0535. The smallest absolute Gasteiger partial charge is 0.242 e. The Kier molecular flexibility index (Phi) is 4.32. The molecule has 0 radical (unpaired) electrons. The second-order valence-electron chi connectivity index (χ2n) is 5.08. The quantitative estimate of drug-likeness (QED) is 0.835. The van der Waals surface area contributed by atoms with E-state index >= 15 is 0 Å². The number of carbonyl (C=O) groups excluding carboxylic acids is 1. The van der Waals surface area contributed by atoms with E-state index in [2.05, 4.69) is 10.6 Å². The lowest BCUT2D eigenvalue weighted by molar-refractivity contribution is -0.121. The second kappa shape index (κ2) is 5.83. The minimum Gasteiger partial charge on any atom is -0.374 e. The summed E-state index contributed by atoms with van der Waals surface area (Å²) in [6, 6.07) is 6.49. The van der Waals surface area contributed by atoms with Crippen LogP contribution in [0.3, 0.4) is 0 Å². The lowest BCUT2D eigenvalue weighted by Crippen LogP contribution is -2.38. The Morgan fingerprint density at radius 1 is 1.30 bits per heavy atom. The molecule has 1 fully saturated rings. The first-order chi connectivity index (χ1) is 9.42. The minimum absolute atomic E-state index is 0.0299. The lowest BCUT2D eigenvalue weighted by Gasteiger charge is -2.15. The van der Waals surface area contributed by atoms with Gasteiger partial charge < -0.3 is 10.6 Å². The van der Waals surface area contributed by atoms with E-state index in [1.54, 1.807) is 38.1 Å². The molecule has 0 bridgehead atoms. The molecule has 5 nitrogen and oxygen atoms in total. The normalized spacial score (nSPS) is 16.5. The largest absolute Gasteiger partial charge is 0.374 e. The first-order valence-corrected chi connectivity index (χ1v) is 8.47. The van der Waals surface area contributed by atoms with Crippen molar-refractivity contribution in [1.82, 2.24) is 5.32 Å². The third-order valence-electron chi connectivity index (χ3n) is 3.29. The maximum Gasteiger partial charge on any atom is 0.242 e. The summed E-state index contributed by atoms with van der Waals surface area (Å²) in [7, 11) is -3.17. The number of amides is 1. The van der Waals surface area contributed by atoms with Gasteiger partial charge in [-0.15, -0.1) is 0 Å². The molecule has 1 aliphatic rings. The van der Waals surface area contributed by atoms with E-state index in [1.165, 1.54) is 0 Å². The molecule has 0 aliphatic heterocycles. The van der Waals surface area contributed by atoms with Crippen LogP contribution in [-0.4, -0.2) is 32.2 Å². The number of hydrogen-bond donors (Lipinski definition) is 2. The Morgan fingerprint density at radius 3 is 2.40 bits per heavy atom. The number of carbonyl (C=O) groups is 1. The highest BCUT2D eigenvalue weighted by Gasteiger charge is 2.25. The maximum absolute atomic E-state index is 11.8. The van der Waals surface area contributed by atoms with Gasteiger partial charge in [0.2, 0.25) is 5.91 Å². The zero-order chi connectivity index (χ0) is 14.8. The molecule has 0 heterocycles. The molecule has 1 aliphatic carbocycles. The highest BCUT2D eigenvalue weighted by Crippen LogP contribution is 2.19. The van der Waals surface area contributed by atoms with Crippen molar-refractivity contribution in [3.63, 3.8) is 0 Å². The van der Waals surface area contributed by atoms with Gasteiger partial charge in [0, 0.05) is 11.7 Å². The second-order valence-corrected chi connectivity index (χ2v) is 7.35. The summed E-state index contributed by atoms with van der Waals surface area (Å²) in [5.41, 5.74) is 0.735. The molecule has 1 unspecified atom stereocenters.